The van der Waals surface area contributed by atoms with Crippen LogP contribution >= 0.6 is 0 Å². The second-order valence-corrected chi connectivity index (χ2v) is 33.7. The lowest BCUT2D eigenvalue weighted by molar-refractivity contribution is -0.202. The largest absolute Gasteiger partial charge is 0.458 e. The smallest absolute Gasteiger partial charge is 0.313 e. The first-order valence-corrected chi connectivity index (χ1v) is 35.4. The predicted molar refractivity (Wildman–Crippen MR) is 387 cm³/mol. The number of fused-ring (bicyclic) bond motifs is 19. The van der Waals surface area contributed by atoms with Crippen molar-refractivity contribution in [3.05, 3.63) is 0 Å². The van der Waals surface area contributed by atoms with Gasteiger partial charge in [0.05, 0.1) is 27.8 Å². The Morgan fingerprint density at radius 3 is 1.26 bits per heavy atom. The zero-order valence-electron chi connectivity index (χ0n) is 56.8. The molecule has 0 amide bonds. The molecule has 18 unspecified atom stereocenters. The van der Waals surface area contributed by atoms with Crippen molar-refractivity contribution in [2.75, 3.05) is 0 Å². The van der Waals surface area contributed by atoms with E-state index in [1.54, 1.807) is 0 Å². The number of hydrogen-bond donors (Lipinski definition) is 0. The van der Waals surface area contributed by atoms with Gasteiger partial charge in [-0.3, -0.25) is 19.2 Å². The van der Waals surface area contributed by atoms with E-state index in [4.69, 9.17) is 23.7 Å². The van der Waals surface area contributed by atoms with E-state index in [0.29, 0.717) is 29.8 Å². The van der Waals surface area contributed by atoms with Crippen LogP contribution in [0, 0.1) is 122 Å². The van der Waals surface area contributed by atoms with E-state index < -0.39 is 11.7 Å². The van der Waals surface area contributed by atoms with Crippen LogP contribution in [0.5, 0.6) is 0 Å². The third kappa shape index (κ3) is 17.8. The first-order chi connectivity index (χ1) is 38.8. The summed E-state index contributed by atoms with van der Waals surface area (Å²) in [6.45, 7) is 39.4. The van der Waals surface area contributed by atoms with E-state index in [1.807, 2.05) is 76.2 Å². The molecule has 0 aliphatic heterocycles. The van der Waals surface area contributed by atoms with Crippen LogP contribution < -0.4 is 0 Å². The second-order valence-electron chi connectivity index (χ2n) is 33.7. The maximum atomic E-state index is 12.9. The number of rotatable bonds is 17. The molecule has 0 radical (unpaired) electrons. The van der Waals surface area contributed by atoms with Crippen LogP contribution in [0.4, 0.5) is 0 Å². The molecule has 8 bridgehead atoms. The second kappa shape index (κ2) is 34.4. The summed E-state index contributed by atoms with van der Waals surface area (Å²) >= 11 is 0. The Balaban J connectivity index is 0.00000116. The van der Waals surface area contributed by atoms with Gasteiger partial charge in [-0.1, -0.05) is 154 Å². The number of hydrogen-bond acceptors (Lipinski definition) is 9. The minimum atomic E-state index is -0.415. The Kier molecular flexibility index (Phi) is 33.5. The fourth-order valence-corrected chi connectivity index (χ4v) is 19.7. The summed E-state index contributed by atoms with van der Waals surface area (Å²) in [6.07, 6.45) is 30.5. The summed E-state index contributed by atoms with van der Waals surface area (Å²) in [4.78, 5) is 49.8. The van der Waals surface area contributed by atoms with E-state index in [1.165, 1.54) is 103 Å². The lowest BCUT2D eigenvalue weighted by Gasteiger charge is -2.49. The Morgan fingerprint density at radius 1 is 0.385 bits per heavy atom. The van der Waals surface area contributed by atoms with Crippen molar-refractivity contribution < 1.29 is 42.9 Å². The van der Waals surface area contributed by atoms with E-state index in [2.05, 4.69) is 55.4 Å². The van der Waals surface area contributed by atoms with Gasteiger partial charge < -0.3 is 23.7 Å². The Morgan fingerprint density at radius 2 is 0.802 bits per heavy atom. The summed E-state index contributed by atoms with van der Waals surface area (Å²) in [7, 11) is 0. The maximum Gasteiger partial charge on any atom is 0.313 e. The molecule has 0 heterocycles. The highest BCUT2D eigenvalue weighted by Crippen LogP contribution is 2.72. The third-order valence-electron chi connectivity index (χ3n) is 26.9. The highest BCUT2D eigenvalue weighted by atomic mass is 16.7. The fourth-order valence-electron chi connectivity index (χ4n) is 19.7. The molecule has 0 spiro atoms. The Bertz CT molecular complexity index is 2220. The normalized spacial score (nSPS) is 34.7. The molecule has 11 saturated carbocycles. The monoisotopic (exact) mass is 1290 g/mol. The van der Waals surface area contributed by atoms with Crippen molar-refractivity contribution in [3.8, 4) is 0 Å². The Hall–Kier alpha value is -2.16. The van der Waals surface area contributed by atoms with Gasteiger partial charge in [-0.15, -0.1) is 0 Å². The van der Waals surface area contributed by atoms with Gasteiger partial charge >= 0.3 is 23.9 Å². The van der Waals surface area contributed by atoms with E-state index in [0.717, 1.165) is 135 Å². The molecule has 9 heteroatoms. The molecule has 0 N–H and O–H groups in total. The first-order valence-electron chi connectivity index (χ1n) is 35.4. The molecule has 91 heavy (non-hydrogen) atoms. The number of carbonyl (C=O) groups excluding carboxylic acids is 4. The van der Waals surface area contributed by atoms with E-state index in [-0.39, 0.29) is 116 Å². The number of esters is 4. The van der Waals surface area contributed by atoms with Crippen molar-refractivity contribution in [3.63, 3.8) is 0 Å². The quantitative estimate of drug-likeness (QED) is 0.0608. The van der Waals surface area contributed by atoms with E-state index >= 15 is 0 Å². The Labute approximate surface area is 567 Å². The molecule has 18 atom stereocenters. The van der Waals surface area contributed by atoms with Crippen LogP contribution in [0.2, 0.25) is 0 Å². The van der Waals surface area contributed by atoms with Gasteiger partial charge in [0.2, 0.25) is 0 Å². The van der Waals surface area contributed by atoms with E-state index in [9.17, 15) is 19.2 Å². The lowest BCUT2D eigenvalue weighted by atomic mass is 9.63. The fraction of sp³-hybridized carbons (Fsp3) is 0.951. The van der Waals surface area contributed by atoms with Gasteiger partial charge in [0.15, 0.2) is 6.29 Å². The molecule has 9 nitrogen and oxygen atoms in total. The van der Waals surface area contributed by atoms with Gasteiger partial charge in [0, 0.05) is 5.92 Å². The van der Waals surface area contributed by atoms with Crippen LogP contribution in [0.15, 0.2) is 0 Å². The van der Waals surface area contributed by atoms with Crippen LogP contribution in [0.3, 0.4) is 0 Å². The standard InChI is InChI=1S/C21H34O2.C20H32O3.C19H34O2.C14H26O2.8CH4/c1-6-20(4,5)19(22)23-21(12(2)3)11-15-10-16(21)18-14-8-7-13(9-14)17(15)18;1-5-20(3,4)19(21)23-11(2)22-16-10-14-9-15(16)18-13-7-6-12(8-13)17(14)18;1-6-18(4,5)17(20)21-19(14(2)3)12-11-15-9-7-8-10-16(15)13-19;1-6-13(4,5)12(15)16-14(11(2)3)9-7-8-10-14;;;;;;;;/h12-18H,6-11H2,1-5H3;11-18H,5-10H2,1-4H3;14-16H,6-13H2,1-5H3;11H,6-10H2,1-5H3;8*1H4. The summed E-state index contributed by atoms with van der Waals surface area (Å²) in [6, 6.07) is 0. The third-order valence-corrected chi connectivity index (χ3v) is 26.9. The van der Waals surface area contributed by atoms with Crippen molar-refractivity contribution in [1.29, 1.82) is 0 Å². The number of carbonyl (C=O) groups is 4. The van der Waals surface area contributed by atoms with Gasteiger partial charge in [0.1, 0.15) is 16.8 Å². The van der Waals surface area contributed by atoms with Crippen LogP contribution in [-0.4, -0.2) is 53.1 Å². The maximum absolute atomic E-state index is 12.9. The zero-order valence-corrected chi connectivity index (χ0v) is 56.8. The molecule has 0 aromatic heterocycles. The zero-order chi connectivity index (χ0) is 61.0. The average molecular weight is 1290 g/mol. The molecule has 0 aromatic rings. The molecule has 11 fully saturated rings. The molecule has 11 aliphatic rings. The molecular weight excluding hydrogens is 1130 g/mol. The minimum Gasteiger partial charge on any atom is -0.458 e. The SMILES string of the molecule is C.C.C.C.C.C.C.C.CCC(C)(C)C(=O)OC(C)OC1CC2CC1C1C3CCC(C3)C21.CCC(C)(C)C(=O)OC1(C(C)C)CC2CC1C1C3CCC(C3)C21.CCC(C)(C)C(=O)OC1(C(C)C)CCC2CCCCC2C1.CCC(C)(C)C(=O)OC1(C(C)C)CCCC1. The lowest BCUT2D eigenvalue weighted by Crippen LogP contribution is -2.52. The predicted octanol–water partition coefficient (Wildman–Crippen LogP) is 23.8. The van der Waals surface area contributed by atoms with Crippen molar-refractivity contribution in [2.24, 2.45) is 122 Å². The molecule has 540 valence electrons. The van der Waals surface area contributed by atoms with Crippen LogP contribution in [0.25, 0.3) is 0 Å². The highest BCUT2D eigenvalue weighted by molar-refractivity contribution is 5.77. The molecule has 11 rings (SSSR count). The molecule has 11 aliphatic carbocycles. The topological polar surface area (TPSA) is 114 Å². The molecule has 0 aromatic carbocycles. The molecule has 0 saturated heterocycles. The first kappa shape index (κ1) is 88.8. The van der Waals surface area contributed by atoms with Crippen LogP contribution in [-0.2, 0) is 42.9 Å². The van der Waals surface area contributed by atoms with Crippen LogP contribution in [0.1, 0.15) is 351 Å². The summed E-state index contributed by atoms with van der Waals surface area (Å²) in [5.74, 6) is 13.7. The van der Waals surface area contributed by atoms with Crippen molar-refractivity contribution >= 4 is 23.9 Å². The van der Waals surface area contributed by atoms with Gasteiger partial charge in [-0.05, 0) is 292 Å². The number of ether oxygens (including phenoxy) is 5. The summed E-state index contributed by atoms with van der Waals surface area (Å²) < 4.78 is 30.3. The van der Waals surface area contributed by atoms with Gasteiger partial charge in [0.25, 0.3) is 0 Å². The minimum absolute atomic E-state index is 0. The average Bonchev–Trinajstić information content (AvgIpc) is 1.55. The molecular formula is C82H158O9. The summed E-state index contributed by atoms with van der Waals surface area (Å²) in [5.41, 5.74) is -2.01. The van der Waals surface area contributed by atoms with Gasteiger partial charge in [-0.2, -0.15) is 0 Å². The van der Waals surface area contributed by atoms with Crippen molar-refractivity contribution in [1.82, 2.24) is 0 Å². The summed E-state index contributed by atoms with van der Waals surface area (Å²) in [5, 5.41) is 0. The van der Waals surface area contributed by atoms with Gasteiger partial charge in [-0.25, -0.2) is 0 Å². The highest BCUT2D eigenvalue weighted by Gasteiger charge is 2.69. The van der Waals surface area contributed by atoms with Crippen molar-refractivity contribution in [2.45, 2.75) is 381 Å².